The molecule has 0 aliphatic carbocycles. The van der Waals surface area contributed by atoms with Crippen LogP contribution in [-0.2, 0) is 11.2 Å². The Balaban J connectivity index is 3.12. The van der Waals surface area contributed by atoms with Crippen molar-refractivity contribution in [1.29, 1.82) is 0 Å². The van der Waals surface area contributed by atoms with Crippen LogP contribution >= 0.6 is 15.9 Å². The molecule has 0 atom stereocenters. The highest BCUT2D eigenvalue weighted by molar-refractivity contribution is 9.10. The van der Waals surface area contributed by atoms with E-state index >= 15 is 0 Å². The molecule has 114 valence electrons. The number of ether oxygens (including phenoxy) is 1. The molecule has 0 radical (unpaired) electrons. The molecule has 0 amide bonds. The van der Waals surface area contributed by atoms with E-state index < -0.39 is 0 Å². The van der Waals surface area contributed by atoms with Crippen LogP contribution in [-0.4, -0.2) is 32.8 Å². The minimum atomic E-state index is 0.538. The van der Waals surface area contributed by atoms with Crippen LogP contribution in [0.5, 0.6) is 0 Å². The first-order chi connectivity index (χ1) is 9.67. The van der Waals surface area contributed by atoms with Crippen LogP contribution in [0.4, 0.5) is 5.69 Å². The highest BCUT2D eigenvalue weighted by Gasteiger charge is 2.18. The second-order valence-electron chi connectivity index (χ2n) is 4.97. The number of rotatable bonds is 9. The smallest absolute Gasteiger partial charge is 0.0637 e. The van der Waals surface area contributed by atoms with Crippen molar-refractivity contribution in [2.75, 3.05) is 31.7 Å². The Hall–Kier alpha value is -0.580. The van der Waals surface area contributed by atoms with Crippen LogP contribution in [0.15, 0.2) is 22.7 Å². The standard InChI is InChI=1S/C16H27BrN2O/c1-4-15(5-2)19(10-11-20-3)16-12-14(17)7-6-13(16)8-9-18/h6-7,12,15H,4-5,8-11,18H2,1-3H3. The topological polar surface area (TPSA) is 38.5 Å². The molecular weight excluding hydrogens is 316 g/mol. The summed E-state index contributed by atoms with van der Waals surface area (Å²) >= 11 is 3.59. The monoisotopic (exact) mass is 342 g/mol. The molecule has 0 fully saturated rings. The van der Waals surface area contributed by atoms with Gasteiger partial charge in [0.2, 0.25) is 0 Å². The van der Waals surface area contributed by atoms with E-state index in [9.17, 15) is 0 Å². The van der Waals surface area contributed by atoms with Crippen molar-refractivity contribution < 1.29 is 4.74 Å². The van der Waals surface area contributed by atoms with Crippen molar-refractivity contribution in [3.05, 3.63) is 28.2 Å². The van der Waals surface area contributed by atoms with Gasteiger partial charge in [-0.15, -0.1) is 0 Å². The molecule has 0 aliphatic rings. The minimum absolute atomic E-state index is 0.538. The third-order valence-corrected chi connectivity index (χ3v) is 4.18. The average molecular weight is 343 g/mol. The normalized spacial score (nSPS) is 11.1. The first kappa shape index (κ1) is 17.5. The van der Waals surface area contributed by atoms with Gasteiger partial charge in [0, 0.05) is 29.9 Å². The molecule has 0 unspecified atom stereocenters. The Bertz CT molecular complexity index is 394. The third-order valence-electron chi connectivity index (χ3n) is 3.69. The van der Waals surface area contributed by atoms with Gasteiger partial charge in [0.25, 0.3) is 0 Å². The van der Waals surface area contributed by atoms with E-state index in [2.05, 4.69) is 52.9 Å². The fourth-order valence-electron chi connectivity index (χ4n) is 2.59. The van der Waals surface area contributed by atoms with Gasteiger partial charge in [0.05, 0.1) is 6.61 Å². The fourth-order valence-corrected chi connectivity index (χ4v) is 2.94. The Labute approximate surface area is 131 Å². The van der Waals surface area contributed by atoms with Gasteiger partial charge in [-0.05, 0) is 43.5 Å². The van der Waals surface area contributed by atoms with E-state index in [4.69, 9.17) is 10.5 Å². The number of halogens is 1. The maximum atomic E-state index is 5.75. The molecule has 1 aromatic rings. The van der Waals surface area contributed by atoms with E-state index in [1.165, 1.54) is 11.3 Å². The second kappa shape index (κ2) is 9.37. The predicted molar refractivity (Wildman–Crippen MR) is 90.5 cm³/mol. The van der Waals surface area contributed by atoms with E-state index in [1.54, 1.807) is 7.11 Å². The second-order valence-corrected chi connectivity index (χ2v) is 5.88. The molecule has 0 saturated carbocycles. The maximum absolute atomic E-state index is 5.75. The van der Waals surface area contributed by atoms with Gasteiger partial charge in [-0.1, -0.05) is 35.8 Å². The third kappa shape index (κ3) is 4.76. The van der Waals surface area contributed by atoms with Gasteiger partial charge in [-0.2, -0.15) is 0 Å². The van der Waals surface area contributed by atoms with E-state index in [-0.39, 0.29) is 0 Å². The lowest BCUT2D eigenvalue weighted by atomic mass is 10.0. The lowest BCUT2D eigenvalue weighted by Gasteiger charge is -2.34. The van der Waals surface area contributed by atoms with E-state index in [0.29, 0.717) is 12.6 Å². The zero-order chi connectivity index (χ0) is 15.0. The van der Waals surface area contributed by atoms with Crippen molar-refractivity contribution in [2.24, 2.45) is 5.73 Å². The van der Waals surface area contributed by atoms with E-state index in [0.717, 1.165) is 36.9 Å². The van der Waals surface area contributed by atoms with Crippen molar-refractivity contribution in [2.45, 2.75) is 39.2 Å². The molecule has 0 aliphatic heterocycles. The summed E-state index contributed by atoms with van der Waals surface area (Å²) in [5.41, 5.74) is 8.36. The maximum Gasteiger partial charge on any atom is 0.0637 e. The van der Waals surface area contributed by atoms with Crippen LogP contribution in [0.2, 0.25) is 0 Å². The van der Waals surface area contributed by atoms with Crippen LogP contribution in [0, 0.1) is 0 Å². The van der Waals surface area contributed by atoms with Gasteiger partial charge >= 0.3 is 0 Å². The highest BCUT2D eigenvalue weighted by Crippen LogP contribution is 2.28. The summed E-state index contributed by atoms with van der Waals surface area (Å²) in [4.78, 5) is 2.47. The van der Waals surface area contributed by atoms with Crippen LogP contribution < -0.4 is 10.6 Å². The quantitative estimate of drug-likeness (QED) is 0.745. The predicted octanol–water partition coefficient (Wildman–Crippen LogP) is 3.59. The molecular formula is C16H27BrN2O. The van der Waals surface area contributed by atoms with Gasteiger partial charge in [-0.25, -0.2) is 0 Å². The molecule has 0 aromatic heterocycles. The van der Waals surface area contributed by atoms with Crippen molar-refractivity contribution in [3.8, 4) is 0 Å². The Morgan fingerprint density at radius 2 is 2.00 bits per heavy atom. The first-order valence-corrected chi connectivity index (χ1v) is 8.21. The van der Waals surface area contributed by atoms with Crippen LogP contribution in [0.1, 0.15) is 32.3 Å². The summed E-state index contributed by atoms with van der Waals surface area (Å²) in [5.74, 6) is 0. The molecule has 4 heteroatoms. The van der Waals surface area contributed by atoms with E-state index in [1.807, 2.05) is 0 Å². The number of hydrogen-bond acceptors (Lipinski definition) is 3. The molecule has 1 aromatic carbocycles. The molecule has 20 heavy (non-hydrogen) atoms. The minimum Gasteiger partial charge on any atom is -0.383 e. The number of nitrogens with zero attached hydrogens (tertiary/aromatic N) is 1. The fraction of sp³-hybridized carbons (Fsp3) is 0.625. The molecule has 0 saturated heterocycles. The van der Waals surface area contributed by atoms with Gasteiger partial charge in [0.1, 0.15) is 0 Å². The lowest BCUT2D eigenvalue weighted by Crippen LogP contribution is -2.37. The Kier molecular flexibility index (Phi) is 8.19. The summed E-state index contributed by atoms with van der Waals surface area (Å²) in [6.07, 6.45) is 3.18. The largest absolute Gasteiger partial charge is 0.383 e. The molecule has 2 N–H and O–H groups in total. The summed E-state index contributed by atoms with van der Waals surface area (Å²) in [5, 5.41) is 0. The van der Waals surface area contributed by atoms with Crippen molar-refractivity contribution in [3.63, 3.8) is 0 Å². The molecule has 1 rings (SSSR count). The van der Waals surface area contributed by atoms with Gasteiger partial charge < -0.3 is 15.4 Å². The highest BCUT2D eigenvalue weighted by atomic mass is 79.9. The summed E-state index contributed by atoms with van der Waals surface area (Å²) in [6, 6.07) is 7.01. The summed E-state index contributed by atoms with van der Waals surface area (Å²) in [7, 11) is 1.76. The zero-order valence-electron chi connectivity index (χ0n) is 12.9. The number of methoxy groups -OCH3 is 1. The zero-order valence-corrected chi connectivity index (χ0v) is 14.4. The summed E-state index contributed by atoms with van der Waals surface area (Å²) < 4.78 is 6.40. The summed E-state index contributed by atoms with van der Waals surface area (Å²) in [6.45, 7) is 6.82. The van der Waals surface area contributed by atoms with Gasteiger partial charge in [-0.3, -0.25) is 0 Å². The number of anilines is 1. The number of benzene rings is 1. The van der Waals surface area contributed by atoms with Crippen LogP contribution in [0.3, 0.4) is 0 Å². The van der Waals surface area contributed by atoms with Gasteiger partial charge in [0.15, 0.2) is 0 Å². The SMILES string of the molecule is CCC(CC)N(CCOC)c1cc(Br)ccc1CCN. The lowest BCUT2D eigenvalue weighted by molar-refractivity contribution is 0.202. The Morgan fingerprint density at radius 1 is 1.30 bits per heavy atom. The van der Waals surface area contributed by atoms with Crippen LogP contribution in [0.25, 0.3) is 0 Å². The van der Waals surface area contributed by atoms with Crippen molar-refractivity contribution in [1.82, 2.24) is 0 Å². The number of nitrogens with two attached hydrogens (primary N) is 1. The molecule has 0 bridgehead atoms. The molecule has 3 nitrogen and oxygen atoms in total. The van der Waals surface area contributed by atoms with Crippen molar-refractivity contribution >= 4 is 21.6 Å². The first-order valence-electron chi connectivity index (χ1n) is 7.41. The average Bonchev–Trinajstić information content (AvgIpc) is 2.46. The Morgan fingerprint density at radius 3 is 2.55 bits per heavy atom. The number of hydrogen-bond donors (Lipinski definition) is 1. The molecule has 0 heterocycles. The molecule has 0 spiro atoms.